The molecule has 0 bridgehead atoms. The van der Waals surface area contributed by atoms with Gasteiger partial charge in [-0.15, -0.1) is 0 Å². The summed E-state index contributed by atoms with van der Waals surface area (Å²) in [6, 6.07) is 12.4. The summed E-state index contributed by atoms with van der Waals surface area (Å²) < 4.78 is 5.07. The van der Waals surface area contributed by atoms with Crippen molar-refractivity contribution in [2.45, 2.75) is 6.92 Å². The first-order chi connectivity index (χ1) is 10.1. The van der Waals surface area contributed by atoms with Gasteiger partial charge >= 0.3 is 0 Å². The number of hydrogen-bond acceptors (Lipinski definition) is 3. The van der Waals surface area contributed by atoms with Gasteiger partial charge in [0.1, 0.15) is 5.75 Å². The third-order valence-corrected chi connectivity index (χ3v) is 3.23. The SMILES string of the molecule is CCNc1ccc(C(=O)Nc2ccc(OC)c(Cl)c2)cc1. The maximum atomic E-state index is 12.1. The average molecular weight is 305 g/mol. The van der Waals surface area contributed by atoms with Crippen molar-refractivity contribution in [3.05, 3.63) is 53.1 Å². The molecular weight excluding hydrogens is 288 g/mol. The molecule has 0 spiro atoms. The second-order valence-corrected chi connectivity index (χ2v) is 4.82. The number of nitrogens with one attached hydrogen (secondary N) is 2. The van der Waals surface area contributed by atoms with Gasteiger partial charge in [-0.2, -0.15) is 0 Å². The van der Waals surface area contributed by atoms with Gasteiger partial charge in [0.15, 0.2) is 0 Å². The summed E-state index contributed by atoms with van der Waals surface area (Å²) in [6.07, 6.45) is 0. The van der Waals surface area contributed by atoms with Crippen LogP contribution in [-0.4, -0.2) is 19.6 Å². The molecule has 0 aromatic heterocycles. The van der Waals surface area contributed by atoms with E-state index in [1.165, 1.54) is 0 Å². The van der Waals surface area contributed by atoms with Crippen LogP contribution < -0.4 is 15.4 Å². The van der Waals surface area contributed by atoms with E-state index in [1.807, 2.05) is 19.1 Å². The molecule has 0 atom stereocenters. The number of rotatable bonds is 5. The Morgan fingerprint density at radius 1 is 1.14 bits per heavy atom. The van der Waals surface area contributed by atoms with Crippen molar-refractivity contribution in [1.29, 1.82) is 0 Å². The number of amides is 1. The highest BCUT2D eigenvalue weighted by Gasteiger charge is 2.08. The Morgan fingerprint density at radius 3 is 2.38 bits per heavy atom. The van der Waals surface area contributed by atoms with Gasteiger partial charge in [0.05, 0.1) is 12.1 Å². The molecule has 1 amide bonds. The molecule has 21 heavy (non-hydrogen) atoms. The number of carbonyl (C=O) groups is 1. The number of carbonyl (C=O) groups excluding carboxylic acids is 1. The van der Waals surface area contributed by atoms with E-state index in [0.717, 1.165) is 12.2 Å². The van der Waals surface area contributed by atoms with Gasteiger partial charge in [0.2, 0.25) is 0 Å². The zero-order valence-electron chi connectivity index (χ0n) is 11.9. The van der Waals surface area contributed by atoms with Crippen molar-refractivity contribution >= 4 is 28.9 Å². The van der Waals surface area contributed by atoms with Crippen LogP contribution in [-0.2, 0) is 0 Å². The van der Waals surface area contributed by atoms with Gasteiger partial charge in [-0.25, -0.2) is 0 Å². The Kier molecular flexibility index (Phi) is 5.06. The number of anilines is 2. The number of halogens is 1. The van der Waals surface area contributed by atoms with Crippen molar-refractivity contribution < 1.29 is 9.53 Å². The summed E-state index contributed by atoms with van der Waals surface area (Å²) in [5.74, 6) is 0.393. The zero-order chi connectivity index (χ0) is 15.2. The minimum atomic E-state index is -0.181. The van der Waals surface area contributed by atoms with E-state index in [-0.39, 0.29) is 5.91 Å². The topological polar surface area (TPSA) is 50.4 Å². The van der Waals surface area contributed by atoms with Crippen LogP contribution in [0.25, 0.3) is 0 Å². The van der Waals surface area contributed by atoms with Crippen molar-refractivity contribution in [2.75, 3.05) is 24.3 Å². The van der Waals surface area contributed by atoms with Gasteiger partial charge in [-0.3, -0.25) is 4.79 Å². The standard InChI is InChI=1S/C16H17ClN2O2/c1-3-18-12-6-4-11(5-7-12)16(20)19-13-8-9-15(21-2)14(17)10-13/h4-10,18H,3H2,1-2H3,(H,19,20). The zero-order valence-corrected chi connectivity index (χ0v) is 12.7. The Hall–Kier alpha value is -2.20. The lowest BCUT2D eigenvalue weighted by Crippen LogP contribution is -2.11. The molecule has 110 valence electrons. The van der Waals surface area contributed by atoms with Crippen molar-refractivity contribution in [1.82, 2.24) is 0 Å². The number of benzene rings is 2. The van der Waals surface area contributed by atoms with Crippen LogP contribution >= 0.6 is 11.6 Å². The summed E-state index contributed by atoms with van der Waals surface area (Å²) >= 11 is 6.03. The van der Waals surface area contributed by atoms with Gasteiger partial charge in [0.25, 0.3) is 5.91 Å². The third-order valence-electron chi connectivity index (χ3n) is 2.94. The fourth-order valence-electron chi connectivity index (χ4n) is 1.89. The second kappa shape index (κ2) is 6.99. The van der Waals surface area contributed by atoms with Gasteiger partial charge in [-0.1, -0.05) is 11.6 Å². The third kappa shape index (κ3) is 3.89. The lowest BCUT2D eigenvalue weighted by Gasteiger charge is -2.09. The maximum absolute atomic E-state index is 12.1. The molecule has 2 N–H and O–H groups in total. The minimum Gasteiger partial charge on any atom is -0.495 e. The monoisotopic (exact) mass is 304 g/mol. The number of hydrogen-bond donors (Lipinski definition) is 2. The van der Waals surface area contributed by atoms with Crippen LogP contribution in [0.4, 0.5) is 11.4 Å². The van der Waals surface area contributed by atoms with Gasteiger partial charge in [0, 0.05) is 23.5 Å². The van der Waals surface area contributed by atoms with Gasteiger partial charge < -0.3 is 15.4 Å². The first-order valence-electron chi connectivity index (χ1n) is 6.63. The molecule has 2 aromatic rings. The maximum Gasteiger partial charge on any atom is 0.255 e. The molecule has 2 rings (SSSR count). The Labute approximate surface area is 129 Å². The molecule has 0 saturated heterocycles. The Morgan fingerprint density at radius 2 is 1.81 bits per heavy atom. The molecule has 0 aliphatic carbocycles. The first-order valence-corrected chi connectivity index (χ1v) is 7.00. The van der Waals surface area contributed by atoms with Crippen molar-refractivity contribution in [3.8, 4) is 5.75 Å². The highest BCUT2D eigenvalue weighted by molar-refractivity contribution is 6.32. The molecule has 5 heteroatoms. The lowest BCUT2D eigenvalue weighted by atomic mass is 10.2. The second-order valence-electron chi connectivity index (χ2n) is 4.41. The molecule has 0 aliphatic rings. The highest BCUT2D eigenvalue weighted by atomic mass is 35.5. The van der Waals surface area contributed by atoms with E-state index in [0.29, 0.717) is 22.0 Å². The molecule has 0 unspecified atom stereocenters. The fraction of sp³-hybridized carbons (Fsp3) is 0.188. The van der Waals surface area contributed by atoms with E-state index in [2.05, 4.69) is 10.6 Å². The molecule has 0 fully saturated rings. The normalized spacial score (nSPS) is 10.0. The molecule has 4 nitrogen and oxygen atoms in total. The summed E-state index contributed by atoms with van der Waals surface area (Å²) in [7, 11) is 1.55. The summed E-state index contributed by atoms with van der Waals surface area (Å²) in [5.41, 5.74) is 2.20. The largest absolute Gasteiger partial charge is 0.495 e. The predicted molar refractivity (Wildman–Crippen MR) is 86.6 cm³/mol. The van der Waals surface area contributed by atoms with Gasteiger partial charge in [-0.05, 0) is 49.4 Å². The lowest BCUT2D eigenvalue weighted by molar-refractivity contribution is 0.102. The summed E-state index contributed by atoms with van der Waals surface area (Å²) in [6.45, 7) is 2.87. The Balaban J connectivity index is 2.08. The fourth-order valence-corrected chi connectivity index (χ4v) is 2.15. The highest BCUT2D eigenvalue weighted by Crippen LogP contribution is 2.27. The van der Waals surface area contributed by atoms with E-state index < -0.39 is 0 Å². The van der Waals surface area contributed by atoms with E-state index >= 15 is 0 Å². The van der Waals surface area contributed by atoms with E-state index in [1.54, 1.807) is 37.4 Å². The smallest absolute Gasteiger partial charge is 0.255 e. The van der Waals surface area contributed by atoms with Crippen LogP contribution in [0.3, 0.4) is 0 Å². The van der Waals surface area contributed by atoms with E-state index in [9.17, 15) is 4.79 Å². The summed E-state index contributed by atoms with van der Waals surface area (Å²) in [5, 5.41) is 6.44. The molecule has 2 aromatic carbocycles. The summed E-state index contributed by atoms with van der Waals surface area (Å²) in [4.78, 5) is 12.1. The Bertz CT molecular complexity index is 627. The molecule has 0 heterocycles. The van der Waals surface area contributed by atoms with E-state index in [4.69, 9.17) is 16.3 Å². The molecule has 0 saturated carbocycles. The number of methoxy groups -OCH3 is 1. The quantitative estimate of drug-likeness (QED) is 0.876. The van der Waals surface area contributed by atoms with Crippen LogP contribution in [0, 0.1) is 0 Å². The van der Waals surface area contributed by atoms with Crippen LogP contribution in [0.5, 0.6) is 5.75 Å². The van der Waals surface area contributed by atoms with Crippen LogP contribution in [0.1, 0.15) is 17.3 Å². The van der Waals surface area contributed by atoms with Crippen LogP contribution in [0.15, 0.2) is 42.5 Å². The van der Waals surface area contributed by atoms with Crippen LogP contribution in [0.2, 0.25) is 5.02 Å². The predicted octanol–water partition coefficient (Wildman–Crippen LogP) is 4.03. The van der Waals surface area contributed by atoms with Crippen molar-refractivity contribution in [3.63, 3.8) is 0 Å². The first kappa shape index (κ1) is 15.2. The molecule has 0 aliphatic heterocycles. The number of ether oxygens (including phenoxy) is 1. The molecule has 0 radical (unpaired) electrons. The molecular formula is C16H17ClN2O2. The average Bonchev–Trinajstić information content (AvgIpc) is 2.48. The minimum absolute atomic E-state index is 0.181. The van der Waals surface area contributed by atoms with Crippen molar-refractivity contribution in [2.24, 2.45) is 0 Å².